The normalized spacial score (nSPS) is 12.8. The summed E-state index contributed by atoms with van der Waals surface area (Å²) in [6.07, 6.45) is -1.37. The molecule has 0 radical (unpaired) electrons. The quantitative estimate of drug-likeness (QED) is 0.325. The second-order valence-corrected chi connectivity index (χ2v) is 7.06. The van der Waals surface area contributed by atoms with Crippen molar-refractivity contribution in [1.82, 2.24) is 0 Å². The van der Waals surface area contributed by atoms with Crippen molar-refractivity contribution in [2.45, 2.75) is 12.1 Å². The van der Waals surface area contributed by atoms with Gasteiger partial charge in [0.15, 0.2) is 5.96 Å². The minimum absolute atomic E-state index is 0.0254. The van der Waals surface area contributed by atoms with Crippen LogP contribution in [0.2, 0.25) is 15.1 Å². The summed E-state index contributed by atoms with van der Waals surface area (Å²) in [5.41, 5.74) is 10.9. The number of guanidine groups is 1. The van der Waals surface area contributed by atoms with E-state index in [2.05, 4.69) is 9.98 Å². The minimum Gasteiger partial charge on any atom is -0.370 e. The number of aliphatic imine (C=N–C) groups is 2. The van der Waals surface area contributed by atoms with E-state index in [4.69, 9.17) is 46.3 Å². The van der Waals surface area contributed by atoms with Gasteiger partial charge in [-0.25, -0.2) is 9.98 Å². The third-order valence-electron chi connectivity index (χ3n) is 3.74. The highest BCUT2D eigenvalue weighted by atomic mass is 35.5. The van der Waals surface area contributed by atoms with Crippen LogP contribution in [0.3, 0.4) is 0 Å². The molecule has 0 heterocycles. The Morgan fingerprint density at radius 2 is 1.73 bits per heavy atom. The first kappa shape index (κ1) is 23.5. The van der Waals surface area contributed by atoms with Crippen LogP contribution in [0.5, 0.6) is 0 Å². The van der Waals surface area contributed by atoms with Crippen LogP contribution in [0, 0.1) is 11.3 Å². The Labute approximate surface area is 185 Å². The second kappa shape index (κ2) is 9.85. The molecule has 2 aromatic rings. The van der Waals surface area contributed by atoms with Crippen LogP contribution in [0.4, 0.5) is 18.9 Å². The number of nitrogens with zero attached hydrogens (tertiary/aromatic N) is 3. The molecule has 0 aliphatic rings. The van der Waals surface area contributed by atoms with Gasteiger partial charge in [0.25, 0.3) is 0 Å². The van der Waals surface area contributed by atoms with E-state index in [0.29, 0.717) is 5.56 Å². The van der Waals surface area contributed by atoms with Crippen LogP contribution in [-0.2, 0) is 0 Å². The van der Waals surface area contributed by atoms with Gasteiger partial charge in [-0.3, -0.25) is 0 Å². The Kier molecular flexibility index (Phi) is 7.73. The molecule has 30 heavy (non-hydrogen) atoms. The van der Waals surface area contributed by atoms with Gasteiger partial charge in [-0.15, -0.1) is 0 Å². The van der Waals surface area contributed by atoms with Gasteiger partial charge in [0.05, 0.1) is 32.2 Å². The molecule has 11 heteroatoms. The molecular weight excluding hydrogens is 462 g/mol. The van der Waals surface area contributed by atoms with Gasteiger partial charge in [0.1, 0.15) is 12.4 Å². The van der Waals surface area contributed by atoms with E-state index >= 15 is 0 Å². The molecular formula is C19H13Cl3F3N5. The van der Waals surface area contributed by atoms with Gasteiger partial charge in [0, 0.05) is 0 Å². The van der Waals surface area contributed by atoms with Gasteiger partial charge < -0.3 is 11.5 Å². The van der Waals surface area contributed by atoms with E-state index in [1.54, 1.807) is 0 Å². The van der Waals surface area contributed by atoms with Crippen molar-refractivity contribution in [2.75, 3.05) is 0 Å². The van der Waals surface area contributed by atoms with Crippen LogP contribution >= 0.6 is 34.8 Å². The molecule has 2 aromatic carbocycles. The fraction of sp³-hybridized carbons (Fsp3) is 0.105. The predicted octanol–water partition coefficient (Wildman–Crippen LogP) is 5.81. The van der Waals surface area contributed by atoms with E-state index in [-0.39, 0.29) is 37.8 Å². The summed E-state index contributed by atoms with van der Waals surface area (Å²) in [5, 5.41) is 9.07. The average molecular weight is 475 g/mol. The fourth-order valence-corrected chi connectivity index (χ4v) is 3.00. The van der Waals surface area contributed by atoms with Crippen LogP contribution in [0.1, 0.15) is 22.6 Å². The van der Waals surface area contributed by atoms with Gasteiger partial charge >= 0.3 is 6.18 Å². The smallest absolute Gasteiger partial charge is 0.370 e. The van der Waals surface area contributed by atoms with E-state index in [1.165, 1.54) is 24.3 Å². The maximum Gasteiger partial charge on any atom is 0.399 e. The summed E-state index contributed by atoms with van der Waals surface area (Å²) in [4.78, 5) is 7.49. The third kappa shape index (κ3) is 6.13. The van der Waals surface area contributed by atoms with E-state index in [9.17, 15) is 18.4 Å². The Bertz CT molecular complexity index is 1050. The third-order valence-corrected chi connectivity index (χ3v) is 4.94. The number of alkyl halides is 3. The molecule has 0 aromatic heterocycles. The number of nitriles is 1. The molecule has 156 valence electrons. The molecule has 0 bridgehead atoms. The summed E-state index contributed by atoms with van der Waals surface area (Å²) >= 11 is 17.5. The zero-order valence-corrected chi connectivity index (χ0v) is 17.2. The first-order chi connectivity index (χ1) is 14.0. The summed E-state index contributed by atoms with van der Waals surface area (Å²) in [5.74, 6) is -2.20. The molecule has 0 fully saturated rings. The number of halogens is 6. The number of nitrogens with two attached hydrogens (primary N) is 2. The van der Waals surface area contributed by atoms with E-state index in [1.807, 2.05) is 6.07 Å². The highest BCUT2D eigenvalue weighted by Crippen LogP contribution is 2.41. The first-order valence-electron chi connectivity index (χ1n) is 8.07. The lowest BCUT2D eigenvalue weighted by atomic mass is 9.96. The monoisotopic (exact) mass is 473 g/mol. The standard InChI is InChI=1S/C19H13Cl3F3N5/c20-14-6-11(7-15(21)17(14)22)13(19(23,24)25)3-1-10-2-4-16(12(5-10)8-26)29-9-30-18(27)28/h1-7,9,13H,(H4,27,28,29,30)/b3-1+. The molecule has 1 atom stereocenters. The lowest BCUT2D eigenvalue weighted by Gasteiger charge is -2.18. The largest absolute Gasteiger partial charge is 0.399 e. The number of hydrogen-bond donors (Lipinski definition) is 2. The molecule has 1 unspecified atom stereocenters. The van der Waals surface area contributed by atoms with Crippen LogP contribution in [0.15, 0.2) is 46.4 Å². The Hall–Kier alpha value is -2.73. The zero-order valence-electron chi connectivity index (χ0n) is 15.0. The topological polar surface area (TPSA) is 101 Å². The summed E-state index contributed by atoms with van der Waals surface area (Å²) < 4.78 is 40.8. The average Bonchev–Trinajstić information content (AvgIpc) is 2.65. The molecule has 0 aliphatic carbocycles. The molecule has 0 aliphatic heterocycles. The van der Waals surface area contributed by atoms with Crippen molar-refractivity contribution in [1.29, 1.82) is 5.26 Å². The molecule has 5 nitrogen and oxygen atoms in total. The number of benzene rings is 2. The van der Waals surface area contributed by atoms with Crippen molar-refractivity contribution < 1.29 is 13.2 Å². The van der Waals surface area contributed by atoms with Crippen molar-refractivity contribution in [3.8, 4) is 6.07 Å². The minimum atomic E-state index is -4.61. The van der Waals surface area contributed by atoms with Gasteiger partial charge in [-0.05, 0) is 35.4 Å². The van der Waals surface area contributed by atoms with E-state index < -0.39 is 12.1 Å². The first-order valence-corrected chi connectivity index (χ1v) is 9.21. The molecule has 0 saturated carbocycles. The Morgan fingerprint density at radius 3 is 2.27 bits per heavy atom. The van der Waals surface area contributed by atoms with Crippen molar-refractivity contribution in [2.24, 2.45) is 21.5 Å². The van der Waals surface area contributed by atoms with Crippen molar-refractivity contribution in [3.05, 3.63) is 68.2 Å². The van der Waals surface area contributed by atoms with Crippen LogP contribution in [0.25, 0.3) is 6.08 Å². The zero-order chi connectivity index (χ0) is 22.5. The van der Waals surface area contributed by atoms with Gasteiger partial charge in [-0.1, -0.05) is 53.0 Å². The van der Waals surface area contributed by atoms with Crippen LogP contribution < -0.4 is 11.5 Å². The fourth-order valence-electron chi connectivity index (χ4n) is 2.39. The van der Waals surface area contributed by atoms with E-state index in [0.717, 1.165) is 24.5 Å². The molecule has 4 N–H and O–H groups in total. The SMILES string of the molecule is N#Cc1cc(/C=C/C(c2cc(Cl)c(Cl)c(Cl)c2)C(F)(F)F)ccc1N=CN=C(N)N. The highest BCUT2D eigenvalue weighted by molar-refractivity contribution is 6.48. The Morgan fingerprint density at radius 1 is 1.10 bits per heavy atom. The maximum absolute atomic E-state index is 13.6. The second-order valence-electron chi connectivity index (χ2n) is 5.86. The number of rotatable bonds is 5. The molecule has 2 rings (SSSR count). The van der Waals surface area contributed by atoms with Crippen molar-refractivity contribution >= 4 is 58.9 Å². The van der Waals surface area contributed by atoms with Crippen LogP contribution in [-0.4, -0.2) is 18.5 Å². The maximum atomic E-state index is 13.6. The number of allylic oxidation sites excluding steroid dienone is 1. The lowest BCUT2D eigenvalue weighted by molar-refractivity contribution is -0.139. The Balaban J connectivity index is 2.40. The lowest BCUT2D eigenvalue weighted by Crippen LogP contribution is -2.22. The van der Waals surface area contributed by atoms with Gasteiger partial charge in [0.2, 0.25) is 0 Å². The highest BCUT2D eigenvalue weighted by Gasteiger charge is 2.39. The van der Waals surface area contributed by atoms with Gasteiger partial charge in [-0.2, -0.15) is 18.4 Å². The molecule has 0 spiro atoms. The molecule has 0 saturated heterocycles. The molecule has 0 amide bonds. The van der Waals surface area contributed by atoms with Crippen molar-refractivity contribution in [3.63, 3.8) is 0 Å². The summed E-state index contributed by atoms with van der Waals surface area (Å²) in [6, 6.07) is 8.47. The summed E-state index contributed by atoms with van der Waals surface area (Å²) in [7, 11) is 0. The number of hydrogen-bond acceptors (Lipinski definition) is 2. The predicted molar refractivity (Wildman–Crippen MR) is 114 cm³/mol. The summed E-state index contributed by atoms with van der Waals surface area (Å²) in [6.45, 7) is 0.